The molecule has 2 N–H and O–H groups in total. The second-order valence-electron chi connectivity index (χ2n) is 10.5. The highest BCUT2D eigenvalue weighted by Crippen LogP contribution is 2.30. The predicted molar refractivity (Wildman–Crippen MR) is 146 cm³/mol. The van der Waals surface area contributed by atoms with Crippen LogP contribution < -0.4 is 10.6 Å². The molecule has 2 aliphatic heterocycles. The lowest BCUT2D eigenvalue weighted by Crippen LogP contribution is -2.41. The van der Waals surface area contributed by atoms with Gasteiger partial charge in [0.1, 0.15) is 16.7 Å². The first-order valence-electron chi connectivity index (χ1n) is 12.5. The zero-order valence-electron chi connectivity index (χ0n) is 22.0. The molecule has 2 unspecified atom stereocenters. The number of fused-ring (bicyclic) bond motifs is 1. The Labute approximate surface area is 224 Å². The molecule has 0 radical (unpaired) electrons. The smallest absolute Gasteiger partial charge is 0.323 e. The molecule has 11 nitrogen and oxygen atoms in total. The summed E-state index contributed by atoms with van der Waals surface area (Å²) in [4.78, 5) is 40.6. The Morgan fingerprint density at radius 2 is 2.05 bits per heavy atom. The third kappa shape index (κ3) is 5.74. The first-order chi connectivity index (χ1) is 18.1. The number of hydrogen-bond donors (Lipinski definition) is 2. The van der Waals surface area contributed by atoms with Crippen LogP contribution in [0, 0.1) is 6.92 Å². The van der Waals surface area contributed by atoms with Crippen molar-refractivity contribution in [2.45, 2.75) is 64.0 Å². The van der Waals surface area contributed by atoms with Crippen molar-refractivity contribution in [2.24, 2.45) is 4.99 Å². The van der Waals surface area contributed by atoms with E-state index in [0.717, 1.165) is 28.6 Å². The number of hydrogen-bond acceptors (Lipinski definition) is 10. The largest absolute Gasteiger partial charge is 0.459 e. The van der Waals surface area contributed by atoms with Gasteiger partial charge < -0.3 is 19.5 Å². The summed E-state index contributed by atoms with van der Waals surface area (Å²) in [6.45, 7) is 10.2. The number of rotatable bonds is 4. The SMILES string of the molecule is Cc1nc(-c2ccc3ccnc(N[C@H]4CCN(C(=O)NC5=NC(C)C(C(=O)OC(C)(C)C)S5)C4)c3c2)no1. The van der Waals surface area contributed by atoms with Crippen LogP contribution in [0.2, 0.25) is 0 Å². The molecule has 2 aromatic heterocycles. The molecular weight excluding hydrogens is 506 g/mol. The average molecular weight is 538 g/mol. The van der Waals surface area contributed by atoms with Crippen molar-refractivity contribution in [1.29, 1.82) is 0 Å². The molecule has 4 heterocycles. The zero-order valence-corrected chi connectivity index (χ0v) is 22.8. The lowest BCUT2D eigenvalue weighted by molar-refractivity contribution is -0.154. The van der Waals surface area contributed by atoms with Gasteiger partial charge in [-0.1, -0.05) is 29.1 Å². The van der Waals surface area contributed by atoms with E-state index in [9.17, 15) is 9.59 Å². The highest BCUT2D eigenvalue weighted by Gasteiger charge is 2.37. The van der Waals surface area contributed by atoms with Crippen molar-refractivity contribution < 1.29 is 18.8 Å². The second-order valence-corrected chi connectivity index (χ2v) is 11.6. The molecule has 2 aliphatic rings. The van der Waals surface area contributed by atoms with Gasteiger partial charge in [0.15, 0.2) is 5.17 Å². The van der Waals surface area contributed by atoms with Crippen LogP contribution in [-0.2, 0) is 9.53 Å². The Morgan fingerprint density at radius 1 is 1.24 bits per heavy atom. The van der Waals surface area contributed by atoms with Crippen molar-refractivity contribution >= 4 is 45.5 Å². The summed E-state index contributed by atoms with van der Waals surface area (Å²) < 4.78 is 10.6. The van der Waals surface area contributed by atoms with Gasteiger partial charge in [-0.05, 0) is 51.6 Å². The summed E-state index contributed by atoms with van der Waals surface area (Å²) in [7, 11) is 0. The number of aryl methyl sites for hydroxylation is 1. The number of thioether (sulfide) groups is 1. The van der Waals surface area contributed by atoms with Crippen LogP contribution in [0.15, 0.2) is 40.0 Å². The number of nitrogens with zero attached hydrogens (tertiary/aromatic N) is 5. The van der Waals surface area contributed by atoms with E-state index in [-0.39, 0.29) is 24.1 Å². The lowest BCUT2D eigenvalue weighted by Gasteiger charge is -2.22. The molecule has 0 bridgehead atoms. The summed E-state index contributed by atoms with van der Waals surface area (Å²) >= 11 is 1.23. The maximum atomic E-state index is 13.0. The van der Waals surface area contributed by atoms with E-state index in [2.05, 4.69) is 30.8 Å². The Balaban J connectivity index is 1.21. The number of aromatic nitrogens is 3. The number of nitrogens with one attached hydrogen (secondary N) is 2. The number of pyridine rings is 1. The van der Waals surface area contributed by atoms with Crippen LogP contribution in [0.3, 0.4) is 0 Å². The van der Waals surface area contributed by atoms with Crippen molar-refractivity contribution in [3.05, 3.63) is 36.4 Å². The number of amidine groups is 1. The third-order valence-electron chi connectivity index (χ3n) is 6.22. The number of carbonyl (C=O) groups excluding carboxylic acids is 2. The number of carbonyl (C=O) groups is 2. The maximum absolute atomic E-state index is 13.0. The Morgan fingerprint density at radius 3 is 2.79 bits per heavy atom. The van der Waals surface area contributed by atoms with Crippen molar-refractivity contribution in [3.63, 3.8) is 0 Å². The van der Waals surface area contributed by atoms with E-state index >= 15 is 0 Å². The minimum atomic E-state index is -0.576. The highest BCUT2D eigenvalue weighted by atomic mass is 32.2. The number of anilines is 1. The standard InChI is InChI=1S/C26H31N7O4S/c1-14-20(23(34)36-26(3,4)5)38-24(28-14)31-25(35)33-11-9-18(13-33)30-22-19-12-17(21-29-15(2)37-32-21)7-6-16(19)8-10-27-22/h6-8,10,12,14,18,20H,9,11,13H2,1-5H3,(H,27,30)(H,28,31,35)/t14?,18-,20?/m0/s1. The van der Waals surface area contributed by atoms with E-state index < -0.39 is 10.9 Å². The molecule has 5 rings (SSSR count). The van der Waals surface area contributed by atoms with Gasteiger partial charge in [-0.2, -0.15) is 4.98 Å². The fourth-order valence-electron chi connectivity index (χ4n) is 4.43. The predicted octanol–water partition coefficient (Wildman–Crippen LogP) is 3.99. The van der Waals surface area contributed by atoms with Gasteiger partial charge in [-0.3, -0.25) is 15.1 Å². The van der Waals surface area contributed by atoms with E-state index in [4.69, 9.17) is 9.26 Å². The van der Waals surface area contributed by atoms with Crippen LogP contribution in [0.4, 0.5) is 10.6 Å². The Kier molecular flexibility index (Phi) is 6.99. The zero-order chi connectivity index (χ0) is 27.0. The lowest BCUT2D eigenvalue weighted by atomic mass is 10.1. The average Bonchev–Trinajstić information content (AvgIpc) is 3.58. The molecule has 12 heteroatoms. The van der Waals surface area contributed by atoms with E-state index in [1.54, 1.807) is 18.0 Å². The van der Waals surface area contributed by atoms with Gasteiger partial charge >= 0.3 is 12.0 Å². The first kappa shape index (κ1) is 26.0. The van der Waals surface area contributed by atoms with Crippen LogP contribution in [0.5, 0.6) is 0 Å². The van der Waals surface area contributed by atoms with Gasteiger partial charge in [0, 0.05) is 43.2 Å². The van der Waals surface area contributed by atoms with Crippen LogP contribution in [0.1, 0.15) is 40.0 Å². The Hall–Kier alpha value is -3.67. The minimum Gasteiger partial charge on any atom is -0.459 e. The topological polar surface area (TPSA) is 135 Å². The number of likely N-dealkylation sites (tertiary alicyclic amines) is 1. The fraction of sp³-hybridized carbons (Fsp3) is 0.462. The van der Waals surface area contributed by atoms with E-state index in [1.165, 1.54) is 11.8 Å². The van der Waals surface area contributed by atoms with Crippen molar-refractivity contribution in [2.75, 3.05) is 18.4 Å². The summed E-state index contributed by atoms with van der Waals surface area (Å²) in [5.74, 6) is 1.44. The van der Waals surface area contributed by atoms with Gasteiger partial charge in [0.25, 0.3) is 0 Å². The Bertz CT molecular complexity index is 1400. The van der Waals surface area contributed by atoms with Crippen molar-refractivity contribution in [3.8, 4) is 11.4 Å². The number of amides is 2. The molecule has 1 aromatic carbocycles. The second kappa shape index (κ2) is 10.2. The van der Waals surface area contributed by atoms with Crippen LogP contribution >= 0.6 is 11.8 Å². The summed E-state index contributed by atoms with van der Waals surface area (Å²) in [6, 6.07) is 7.41. The summed E-state index contributed by atoms with van der Waals surface area (Å²) in [5, 5.41) is 12.3. The number of ether oxygens (including phenoxy) is 1. The monoisotopic (exact) mass is 537 g/mol. The van der Waals surface area contributed by atoms with Crippen molar-refractivity contribution in [1.82, 2.24) is 25.3 Å². The molecule has 3 atom stereocenters. The molecular formula is C26H31N7O4S. The van der Waals surface area contributed by atoms with Gasteiger partial charge in [0.2, 0.25) is 11.7 Å². The molecule has 38 heavy (non-hydrogen) atoms. The molecule has 1 saturated heterocycles. The van der Waals surface area contributed by atoms with E-state index in [0.29, 0.717) is 30.0 Å². The quantitative estimate of drug-likeness (QED) is 0.474. The maximum Gasteiger partial charge on any atom is 0.323 e. The van der Waals surface area contributed by atoms with E-state index in [1.807, 2.05) is 52.0 Å². The molecule has 1 fully saturated rings. The third-order valence-corrected chi connectivity index (χ3v) is 7.49. The number of aliphatic imine (C=N–C) groups is 1. The molecule has 0 aliphatic carbocycles. The molecule has 0 spiro atoms. The van der Waals surface area contributed by atoms with Gasteiger partial charge in [0.05, 0.1) is 6.04 Å². The van der Waals surface area contributed by atoms with Gasteiger partial charge in [-0.25, -0.2) is 9.78 Å². The normalized spacial score (nSPS) is 21.4. The minimum absolute atomic E-state index is 0.0292. The van der Waals surface area contributed by atoms with Gasteiger partial charge in [-0.15, -0.1) is 0 Å². The first-order valence-corrected chi connectivity index (χ1v) is 13.4. The van der Waals surface area contributed by atoms with Crippen LogP contribution in [0.25, 0.3) is 22.2 Å². The fourth-order valence-corrected chi connectivity index (χ4v) is 5.45. The number of esters is 1. The molecule has 200 valence electrons. The molecule has 0 saturated carbocycles. The number of benzene rings is 1. The summed E-state index contributed by atoms with van der Waals surface area (Å²) in [6.07, 6.45) is 2.53. The molecule has 3 aromatic rings. The molecule has 2 amide bonds. The van der Waals surface area contributed by atoms with Crippen LogP contribution in [-0.4, -0.2) is 73.2 Å². The number of urea groups is 1. The summed E-state index contributed by atoms with van der Waals surface area (Å²) in [5.41, 5.74) is 0.264. The highest BCUT2D eigenvalue weighted by molar-refractivity contribution is 8.15.